The van der Waals surface area contributed by atoms with Gasteiger partial charge in [0.2, 0.25) is 10.0 Å². The first-order chi connectivity index (χ1) is 6.81. The average Bonchev–Trinajstić information content (AvgIpc) is 2.42. The van der Waals surface area contributed by atoms with Gasteiger partial charge in [0, 0.05) is 6.54 Å². The van der Waals surface area contributed by atoms with E-state index in [2.05, 4.69) is 18.2 Å². The van der Waals surface area contributed by atoms with Crippen LogP contribution < -0.4 is 4.72 Å². The summed E-state index contributed by atoms with van der Waals surface area (Å²) in [6.45, 7) is 8.77. The second-order valence-electron chi connectivity index (χ2n) is 4.79. The smallest absolute Gasteiger partial charge is 0.208 e. The highest BCUT2D eigenvalue weighted by atomic mass is 32.2. The van der Waals surface area contributed by atoms with Gasteiger partial charge >= 0.3 is 0 Å². The molecule has 1 unspecified atom stereocenters. The van der Waals surface area contributed by atoms with Crippen LogP contribution in [0.2, 0.25) is 0 Å². The molecule has 4 heteroatoms. The van der Waals surface area contributed by atoms with E-state index in [1.165, 1.54) is 18.2 Å². The van der Waals surface area contributed by atoms with Crippen molar-refractivity contribution in [2.75, 3.05) is 12.8 Å². The Morgan fingerprint density at radius 1 is 1.47 bits per heavy atom. The van der Waals surface area contributed by atoms with Crippen LogP contribution in [0.4, 0.5) is 0 Å². The molecule has 1 rings (SSSR count). The summed E-state index contributed by atoms with van der Waals surface area (Å²) in [5, 5.41) is 0. The van der Waals surface area contributed by atoms with Gasteiger partial charge in [0.05, 0.1) is 6.26 Å². The zero-order chi connectivity index (χ0) is 11.6. The lowest BCUT2D eigenvalue weighted by Crippen LogP contribution is -2.32. The van der Waals surface area contributed by atoms with Crippen LogP contribution in [0.5, 0.6) is 0 Å². The lowest BCUT2D eigenvalue weighted by molar-refractivity contribution is 0.358. The van der Waals surface area contributed by atoms with E-state index in [1.54, 1.807) is 0 Å². The van der Waals surface area contributed by atoms with Gasteiger partial charge in [0.1, 0.15) is 0 Å². The second kappa shape index (κ2) is 4.66. The van der Waals surface area contributed by atoms with Crippen LogP contribution >= 0.6 is 0 Å². The monoisotopic (exact) mass is 231 g/mol. The van der Waals surface area contributed by atoms with E-state index in [1.807, 2.05) is 6.92 Å². The van der Waals surface area contributed by atoms with Gasteiger partial charge < -0.3 is 0 Å². The Bertz CT molecular complexity index is 334. The van der Waals surface area contributed by atoms with Gasteiger partial charge in [-0.2, -0.15) is 0 Å². The van der Waals surface area contributed by atoms with Crippen molar-refractivity contribution in [2.45, 2.75) is 26.7 Å². The number of rotatable bonds is 4. The predicted octanol–water partition coefficient (Wildman–Crippen LogP) is 1.77. The van der Waals surface area contributed by atoms with Gasteiger partial charge in [0.15, 0.2) is 0 Å². The lowest BCUT2D eigenvalue weighted by atomic mass is 9.87. The van der Waals surface area contributed by atoms with Crippen molar-refractivity contribution in [3.63, 3.8) is 0 Å². The van der Waals surface area contributed by atoms with Gasteiger partial charge in [-0.3, -0.25) is 0 Å². The number of sulfonamides is 1. The van der Waals surface area contributed by atoms with Crippen LogP contribution in [0.1, 0.15) is 26.7 Å². The van der Waals surface area contributed by atoms with Crippen LogP contribution in [-0.4, -0.2) is 21.2 Å². The van der Waals surface area contributed by atoms with Gasteiger partial charge in [0.25, 0.3) is 0 Å². The molecule has 88 valence electrons. The fourth-order valence-corrected chi connectivity index (χ4v) is 2.97. The van der Waals surface area contributed by atoms with E-state index in [0.717, 1.165) is 6.42 Å². The van der Waals surface area contributed by atoms with E-state index in [4.69, 9.17) is 0 Å². The van der Waals surface area contributed by atoms with Crippen LogP contribution in [0.15, 0.2) is 12.2 Å². The zero-order valence-electron chi connectivity index (χ0n) is 9.79. The van der Waals surface area contributed by atoms with Crippen molar-refractivity contribution in [1.29, 1.82) is 0 Å². The van der Waals surface area contributed by atoms with Gasteiger partial charge in [-0.15, -0.1) is 0 Å². The molecule has 1 aliphatic rings. The van der Waals surface area contributed by atoms with E-state index in [0.29, 0.717) is 24.3 Å². The first kappa shape index (κ1) is 12.7. The third-order valence-corrected chi connectivity index (χ3v) is 4.09. The standard InChI is InChI=1S/C11H21NO2S/c1-8(2)10-6-5-9(3)11(10)7-12-15(4,13)14/h9-12H,1,5-7H2,2-4H3/t9-,10?,11+/m0/s1. The number of hydrogen-bond acceptors (Lipinski definition) is 2. The average molecular weight is 231 g/mol. The minimum absolute atomic E-state index is 0.414. The highest BCUT2D eigenvalue weighted by Gasteiger charge is 2.33. The fourth-order valence-electron chi connectivity index (χ4n) is 2.47. The number of nitrogens with one attached hydrogen (secondary N) is 1. The Balaban J connectivity index is 2.61. The minimum Gasteiger partial charge on any atom is -0.215 e. The quantitative estimate of drug-likeness (QED) is 0.750. The summed E-state index contributed by atoms with van der Waals surface area (Å²) in [7, 11) is -3.06. The van der Waals surface area contributed by atoms with E-state index in [9.17, 15) is 8.42 Å². The number of hydrogen-bond donors (Lipinski definition) is 1. The van der Waals surface area contributed by atoms with Crippen LogP contribution in [0.25, 0.3) is 0 Å². The molecule has 0 aromatic carbocycles. The zero-order valence-corrected chi connectivity index (χ0v) is 10.6. The van der Waals surface area contributed by atoms with Crippen molar-refractivity contribution in [2.24, 2.45) is 17.8 Å². The maximum absolute atomic E-state index is 11.0. The Morgan fingerprint density at radius 3 is 2.53 bits per heavy atom. The molecule has 0 saturated heterocycles. The molecule has 3 atom stereocenters. The normalized spacial score (nSPS) is 31.8. The van der Waals surface area contributed by atoms with Crippen molar-refractivity contribution in [3.8, 4) is 0 Å². The molecule has 3 nitrogen and oxygen atoms in total. The summed E-state index contributed by atoms with van der Waals surface area (Å²) in [4.78, 5) is 0. The minimum atomic E-state index is -3.06. The molecule has 0 aliphatic heterocycles. The molecular formula is C11H21NO2S. The fraction of sp³-hybridized carbons (Fsp3) is 0.818. The van der Waals surface area contributed by atoms with Gasteiger partial charge in [-0.05, 0) is 37.5 Å². The third kappa shape index (κ3) is 3.61. The molecule has 0 bridgehead atoms. The SMILES string of the molecule is C=C(C)C1CC[C@H](C)[C@H]1CNS(C)(=O)=O. The molecule has 0 amide bonds. The molecule has 1 fully saturated rings. The third-order valence-electron chi connectivity index (χ3n) is 3.39. The Labute approximate surface area is 93.0 Å². The molecule has 0 radical (unpaired) electrons. The van der Waals surface area contributed by atoms with Crippen molar-refractivity contribution < 1.29 is 8.42 Å². The summed E-state index contributed by atoms with van der Waals surface area (Å²) >= 11 is 0. The molecular weight excluding hydrogens is 210 g/mol. The molecule has 1 saturated carbocycles. The van der Waals surface area contributed by atoms with Crippen molar-refractivity contribution in [1.82, 2.24) is 4.72 Å². The van der Waals surface area contributed by atoms with Gasteiger partial charge in [-0.25, -0.2) is 13.1 Å². The van der Waals surface area contributed by atoms with Crippen LogP contribution in [0.3, 0.4) is 0 Å². The van der Waals surface area contributed by atoms with Gasteiger partial charge in [-0.1, -0.05) is 19.1 Å². The topological polar surface area (TPSA) is 46.2 Å². The molecule has 15 heavy (non-hydrogen) atoms. The summed E-state index contributed by atoms with van der Waals surface area (Å²) in [5.41, 5.74) is 1.18. The Kier molecular flexibility index (Phi) is 3.95. The first-order valence-corrected chi connectivity index (χ1v) is 7.30. The van der Waals surface area contributed by atoms with E-state index >= 15 is 0 Å². The molecule has 0 spiro atoms. The van der Waals surface area contributed by atoms with E-state index < -0.39 is 10.0 Å². The molecule has 1 aliphatic carbocycles. The summed E-state index contributed by atoms with van der Waals surface area (Å²) < 4.78 is 24.7. The predicted molar refractivity (Wildman–Crippen MR) is 63.0 cm³/mol. The first-order valence-electron chi connectivity index (χ1n) is 5.41. The highest BCUT2D eigenvalue weighted by Crippen LogP contribution is 2.39. The highest BCUT2D eigenvalue weighted by molar-refractivity contribution is 7.88. The van der Waals surface area contributed by atoms with Crippen molar-refractivity contribution in [3.05, 3.63) is 12.2 Å². The molecule has 0 heterocycles. The van der Waals surface area contributed by atoms with Crippen LogP contribution in [-0.2, 0) is 10.0 Å². The molecule has 0 aromatic rings. The lowest BCUT2D eigenvalue weighted by Gasteiger charge is -2.23. The Morgan fingerprint density at radius 2 is 2.07 bits per heavy atom. The maximum atomic E-state index is 11.0. The molecule has 0 aromatic heterocycles. The number of allylic oxidation sites excluding steroid dienone is 1. The Hall–Kier alpha value is -0.350. The second-order valence-corrected chi connectivity index (χ2v) is 6.62. The summed E-state index contributed by atoms with van der Waals surface area (Å²) in [6, 6.07) is 0. The van der Waals surface area contributed by atoms with E-state index in [-0.39, 0.29) is 0 Å². The largest absolute Gasteiger partial charge is 0.215 e. The van der Waals surface area contributed by atoms with Crippen molar-refractivity contribution >= 4 is 10.0 Å². The summed E-state index contributed by atoms with van der Waals surface area (Å²) in [5.74, 6) is 1.48. The maximum Gasteiger partial charge on any atom is 0.208 e. The molecule has 1 N–H and O–H groups in total. The summed E-state index contributed by atoms with van der Waals surface area (Å²) in [6.07, 6.45) is 3.53. The van der Waals surface area contributed by atoms with Crippen LogP contribution in [0, 0.1) is 17.8 Å².